The van der Waals surface area contributed by atoms with Gasteiger partial charge in [-0.2, -0.15) is 9.61 Å². The summed E-state index contributed by atoms with van der Waals surface area (Å²) in [6, 6.07) is 6.33. The molecule has 1 fully saturated rings. The number of hydrogen-bond donors (Lipinski definition) is 2. The maximum Gasteiger partial charge on any atom is 0.213 e. The van der Waals surface area contributed by atoms with Gasteiger partial charge in [-0.1, -0.05) is 26.3 Å². The number of piperidine rings is 1. The van der Waals surface area contributed by atoms with E-state index in [1.807, 2.05) is 42.9 Å². The molecule has 0 spiro atoms. The number of ether oxygens (including phenoxy) is 2. The van der Waals surface area contributed by atoms with Crippen molar-refractivity contribution in [3.8, 4) is 5.88 Å². The first-order chi connectivity index (χ1) is 18.4. The monoisotopic (exact) mass is 524 g/mol. The third-order valence-corrected chi connectivity index (χ3v) is 7.13. The molecule has 1 atom stereocenters. The minimum atomic E-state index is -0.354. The van der Waals surface area contributed by atoms with Crippen molar-refractivity contribution in [3.05, 3.63) is 41.7 Å². The zero-order valence-corrected chi connectivity index (χ0v) is 23.4. The van der Waals surface area contributed by atoms with Crippen LogP contribution in [0.25, 0.3) is 5.65 Å². The molecule has 0 amide bonds. The van der Waals surface area contributed by atoms with E-state index in [1.165, 1.54) is 6.42 Å². The lowest BCUT2D eigenvalue weighted by molar-refractivity contribution is -0.0485. The fourth-order valence-corrected chi connectivity index (χ4v) is 4.85. The molecule has 1 aliphatic rings. The van der Waals surface area contributed by atoms with Crippen molar-refractivity contribution in [2.75, 3.05) is 36.6 Å². The first-order valence-electron chi connectivity index (χ1n) is 14.1. The zero-order valence-electron chi connectivity index (χ0n) is 23.4. The number of fused-ring (bicyclic) bond motifs is 1. The molecule has 0 aromatic carbocycles. The summed E-state index contributed by atoms with van der Waals surface area (Å²) < 4.78 is 13.7. The topological polar surface area (TPSA) is 97.0 Å². The maximum absolute atomic E-state index is 9.61. The Morgan fingerprint density at radius 2 is 2.05 bits per heavy atom. The molecule has 38 heavy (non-hydrogen) atoms. The minimum absolute atomic E-state index is 0.192. The van der Waals surface area contributed by atoms with Crippen molar-refractivity contribution >= 4 is 17.3 Å². The Hall–Kier alpha value is -2.91. The molecular weight excluding hydrogens is 480 g/mol. The van der Waals surface area contributed by atoms with Gasteiger partial charge in [0, 0.05) is 56.2 Å². The van der Waals surface area contributed by atoms with Gasteiger partial charge in [-0.25, -0.2) is 9.97 Å². The molecule has 4 heterocycles. The number of nitrogens with zero attached hydrogens (tertiary/aromatic N) is 5. The SMILES string of the molecule is CCCCOC(C)(C)COc1ccc(CNc2cc(N3CCCC[C@H]3CCO)nc3c(CC)cnn23)cn1. The summed E-state index contributed by atoms with van der Waals surface area (Å²) in [5.41, 5.74) is 2.69. The van der Waals surface area contributed by atoms with Gasteiger partial charge in [0.15, 0.2) is 5.65 Å². The number of aryl methyl sites for hydroxylation is 1. The van der Waals surface area contributed by atoms with Gasteiger partial charge in [-0.15, -0.1) is 0 Å². The van der Waals surface area contributed by atoms with Crippen LogP contribution in [0.1, 0.15) is 77.3 Å². The van der Waals surface area contributed by atoms with E-state index in [0.717, 1.165) is 80.1 Å². The fourth-order valence-electron chi connectivity index (χ4n) is 4.85. The van der Waals surface area contributed by atoms with Crippen LogP contribution >= 0.6 is 0 Å². The highest BCUT2D eigenvalue weighted by Crippen LogP contribution is 2.29. The molecule has 0 radical (unpaired) electrons. The first kappa shape index (κ1) is 28.1. The Labute approximate surface area is 226 Å². The maximum atomic E-state index is 9.61. The largest absolute Gasteiger partial charge is 0.475 e. The smallest absolute Gasteiger partial charge is 0.213 e. The van der Waals surface area contributed by atoms with E-state index in [-0.39, 0.29) is 12.2 Å². The summed E-state index contributed by atoms with van der Waals surface area (Å²) in [6.45, 7) is 11.3. The van der Waals surface area contributed by atoms with Crippen molar-refractivity contribution in [1.82, 2.24) is 19.6 Å². The van der Waals surface area contributed by atoms with E-state index < -0.39 is 0 Å². The number of aromatic nitrogens is 4. The molecule has 208 valence electrons. The summed E-state index contributed by atoms with van der Waals surface area (Å²) in [5, 5.41) is 17.8. The van der Waals surface area contributed by atoms with Gasteiger partial charge in [0.25, 0.3) is 0 Å². The van der Waals surface area contributed by atoms with Gasteiger partial charge >= 0.3 is 0 Å². The summed E-state index contributed by atoms with van der Waals surface area (Å²) in [7, 11) is 0. The van der Waals surface area contributed by atoms with Gasteiger partial charge < -0.3 is 24.8 Å². The van der Waals surface area contributed by atoms with Gasteiger partial charge in [-0.3, -0.25) is 0 Å². The third kappa shape index (κ3) is 7.14. The van der Waals surface area contributed by atoms with Crippen molar-refractivity contribution < 1.29 is 14.6 Å². The van der Waals surface area contributed by atoms with Crippen LogP contribution in [0.5, 0.6) is 5.88 Å². The van der Waals surface area contributed by atoms with E-state index in [2.05, 4.69) is 40.2 Å². The van der Waals surface area contributed by atoms with E-state index in [0.29, 0.717) is 25.1 Å². The number of rotatable bonds is 14. The molecule has 0 saturated carbocycles. The van der Waals surface area contributed by atoms with Crippen molar-refractivity contribution in [2.45, 2.75) is 90.8 Å². The number of unbranched alkanes of at least 4 members (excludes halogenated alkanes) is 1. The number of nitrogens with one attached hydrogen (secondary N) is 1. The summed E-state index contributed by atoms with van der Waals surface area (Å²) in [4.78, 5) is 11.9. The molecule has 9 heteroatoms. The Bertz CT molecular complexity index is 1150. The standard InChI is InChI=1S/C29H44N6O3/c1-5-7-16-38-29(3,4)21-37-27-12-11-22(19-31-27)18-30-25-17-26(33-28-23(6-2)20-32-35(25)28)34-14-9-8-10-24(34)13-15-36/h11-12,17,19-20,24,30,36H,5-10,13-16,18,21H2,1-4H3/t24-/m0/s1. The van der Waals surface area contributed by atoms with Gasteiger partial charge in [-0.05, 0) is 57.9 Å². The number of aliphatic hydroxyl groups is 1. The predicted octanol–water partition coefficient (Wildman–Crippen LogP) is 5.01. The molecule has 1 saturated heterocycles. The highest BCUT2D eigenvalue weighted by molar-refractivity contribution is 5.61. The number of aliphatic hydroxyl groups excluding tert-OH is 1. The van der Waals surface area contributed by atoms with E-state index in [9.17, 15) is 5.11 Å². The van der Waals surface area contributed by atoms with E-state index >= 15 is 0 Å². The van der Waals surface area contributed by atoms with Crippen LogP contribution in [0.3, 0.4) is 0 Å². The van der Waals surface area contributed by atoms with Crippen LogP contribution in [0.4, 0.5) is 11.6 Å². The molecule has 0 aliphatic carbocycles. The Morgan fingerprint density at radius 1 is 1.18 bits per heavy atom. The van der Waals surface area contributed by atoms with E-state index in [4.69, 9.17) is 14.5 Å². The van der Waals surface area contributed by atoms with Gasteiger partial charge in [0.1, 0.15) is 18.2 Å². The lowest BCUT2D eigenvalue weighted by Gasteiger charge is -2.36. The van der Waals surface area contributed by atoms with E-state index in [1.54, 1.807) is 0 Å². The molecule has 9 nitrogen and oxygen atoms in total. The Balaban J connectivity index is 1.45. The Kier molecular flexibility index (Phi) is 9.80. The van der Waals surface area contributed by atoms with Crippen molar-refractivity contribution in [1.29, 1.82) is 0 Å². The fraction of sp³-hybridized carbons (Fsp3) is 0.621. The van der Waals surface area contributed by atoms with Crippen LogP contribution < -0.4 is 15.0 Å². The lowest BCUT2D eigenvalue weighted by atomic mass is 9.99. The second-order valence-electron chi connectivity index (χ2n) is 10.7. The summed E-state index contributed by atoms with van der Waals surface area (Å²) in [6.07, 6.45) is 10.9. The molecule has 3 aromatic heterocycles. The van der Waals surface area contributed by atoms with Gasteiger partial charge in [0.05, 0.1) is 11.8 Å². The average Bonchev–Trinajstić information content (AvgIpc) is 3.35. The van der Waals surface area contributed by atoms with Crippen LogP contribution in [0.2, 0.25) is 0 Å². The van der Waals surface area contributed by atoms with Crippen LogP contribution in [0, 0.1) is 0 Å². The first-order valence-corrected chi connectivity index (χ1v) is 14.1. The molecule has 0 bridgehead atoms. The second kappa shape index (κ2) is 13.2. The minimum Gasteiger partial charge on any atom is -0.475 e. The number of anilines is 2. The number of pyridine rings is 1. The molecule has 2 N–H and O–H groups in total. The second-order valence-corrected chi connectivity index (χ2v) is 10.7. The highest BCUT2D eigenvalue weighted by Gasteiger charge is 2.25. The summed E-state index contributed by atoms with van der Waals surface area (Å²) >= 11 is 0. The number of hydrogen-bond acceptors (Lipinski definition) is 8. The molecule has 1 aliphatic heterocycles. The highest BCUT2D eigenvalue weighted by atomic mass is 16.5. The van der Waals surface area contributed by atoms with Crippen LogP contribution in [-0.2, 0) is 17.7 Å². The quantitative estimate of drug-likeness (QED) is 0.284. The molecule has 3 aromatic rings. The third-order valence-electron chi connectivity index (χ3n) is 7.13. The lowest BCUT2D eigenvalue weighted by Crippen LogP contribution is -2.40. The summed E-state index contributed by atoms with van der Waals surface area (Å²) in [5.74, 6) is 2.43. The molecule has 0 unspecified atom stereocenters. The van der Waals surface area contributed by atoms with Crippen LogP contribution in [0.15, 0.2) is 30.6 Å². The van der Waals surface area contributed by atoms with Crippen molar-refractivity contribution in [2.24, 2.45) is 0 Å². The Morgan fingerprint density at radius 3 is 2.79 bits per heavy atom. The normalized spacial score (nSPS) is 16.2. The predicted molar refractivity (Wildman–Crippen MR) is 151 cm³/mol. The van der Waals surface area contributed by atoms with Crippen LogP contribution in [-0.4, -0.2) is 62.7 Å². The van der Waals surface area contributed by atoms with Gasteiger partial charge in [0.2, 0.25) is 5.88 Å². The van der Waals surface area contributed by atoms with Crippen molar-refractivity contribution in [3.63, 3.8) is 0 Å². The zero-order chi connectivity index (χ0) is 27.0. The molecular formula is C29H44N6O3. The molecule has 4 rings (SSSR count). The average molecular weight is 525 g/mol.